The summed E-state index contributed by atoms with van der Waals surface area (Å²) < 4.78 is 15.8. The average molecular weight is 347 g/mol. The first-order chi connectivity index (χ1) is 11.6. The molecule has 0 atom stereocenters. The number of ether oxygens (including phenoxy) is 3. The second-order valence-corrected chi connectivity index (χ2v) is 5.53. The number of nitrogens with zero attached hydrogens (tertiary/aromatic N) is 1. The van der Waals surface area contributed by atoms with Gasteiger partial charge in [-0.1, -0.05) is 29.3 Å². The second-order valence-electron chi connectivity index (χ2n) is 5.12. The Morgan fingerprint density at radius 1 is 1.29 bits per heavy atom. The molecule has 2 aromatic rings. The number of carbonyl (C=O) groups is 1. The van der Waals surface area contributed by atoms with Gasteiger partial charge in [-0.05, 0) is 25.1 Å². The van der Waals surface area contributed by atoms with Crippen molar-refractivity contribution in [3.05, 3.63) is 52.5 Å². The normalized spacial score (nSPS) is 12.4. The van der Waals surface area contributed by atoms with Crippen molar-refractivity contribution in [2.75, 3.05) is 13.4 Å². The van der Waals surface area contributed by atoms with E-state index in [9.17, 15) is 4.79 Å². The summed E-state index contributed by atoms with van der Waals surface area (Å²) in [6, 6.07) is 10.8. The fourth-order valence-electron chi connectivity index (χ4n) is 2.02. The molecule has 7 heteroatoms. The fraction of sp³-hybridized carbons (Fsp3) is 0.176. The Morgan fingerprint density at radius 2 is 2.00 bits per heavy atom. The number of rotatable bonds is 5. The number of fused-ring (bicyclic) bond motifs is 1. The van der Waals surface area contributed by atoms with E-state index in [0.717, 1.165) is 5.56 Å². The van der Waals surface area contributed by atoms with Gasteiger partial charge < -0.3 is 14.2 Å². The summed E-state index contributed by atoms with van der Waals surface area (Å²) in [4.78, 5) is 11.7. The van der Waals surface area contributed by atoms with E-state index in [4.69, 9.17) is 25.8 Å². The quantitative estimate of drug-likeness (QED) is 0.667. The highest BCUT2D eigenvalue weighted by Crippen LogP contribution is 2.36. The predicted octanol–water partition coefficient (Wildman–Crippen LogP) is 2.91. The third-order valence-electron chi connectivity index (χ3n) is 3.28. The summed E-state index contributed by atoms with van der Waals surface area (Å²) in [7, 11) is 0. The van der Waals surface area contributed by atoms with Crippen LogP contribution in [0, 0.1) is 6.92 Å². The summed E-state index contributed by atoms with van der Waals surface area (Å²) in [5.74, 6) is 1.44. The lowest BCUT2D eigenvalue weighted by molar-refractivity contribution is -0.123. The highest BCUT2D eigenvalue weighted by molar-refractivity contribution is 6.33. The van der Waals surface area contributed by atoms with E-state index in [1.54, 1.807) is 24.3 Å². The van der Waals surface area contributed by atoms with Crippen molar-refractivity contribution in [2.45, 2.75) is 6.92 Å². The molecule has 1 aliphatic heterocycles. The van der Waals surface area contributed by atoms with Crippen LogP contribution in [0.5, 0.6) is 17.2 Å². The molecule has 1 amide bonds. The number of hydrogen-bond acceptors (Lipinski definition) is 5. The monoisotopic (exact) mass is 346 g/mol. The zero-order valence-electron chi connectivity index (χ0n) is 12.9. The third-order valence-corrected chi connectivity index (χ3v) is 3.60. The Kier molecular flexibility index (Phi) is 4.86. The van der Waals surface area contributed by atoms with Crippen LogP contribution in [0.4, 0.5) is 0 Å². The van der Waals surface area contributed by atoms with Crippen LogP contribution in [-0.2, 0) is 4.79 Å². The minimum atomic E-state index is -0.372. The van der Waals surface area contributed by atoms with Crippen molar-refractivity contribution in [3.8, 4) is 17.2 Å². The SMILES string of the molecule is Cc1ccc(OCC(=O)NN=Cc2cc3c(cc2Cl)OCO3)cc1. The van der Waals surface area contributed by atoms with Gasteiger partial charge in [0.1, 0.15) is 5.75 Å². The first-order valence-electron chi connectivity index (χ1n) is 7.22. The lowest BCUT2D eigenvalue weighted by atomic mass is 10.2. The molecule has 0 saturated carbocycles. The zero-order chi connectivity index (χ0) is 16.9. The van der Waals surface area contributed by atoms with E-state index in [2.05, 4.69) is 10.5 Å². The van der Waals surface area contributed by atoms with Gasteiger partial charge in [0, 0.05) is 11.6 Å². The molecule has 0 bridgehead atoms. The molecule has 6 nitrogen and oxygen atoms in total. The van der Waals surface area contributed by atoms with Crippen molar-refractivity contribution in [3.63, 3.8) is 0 Å². The van der Waals surface area contributed by atoms with Gasteiger partial charge in [0.2, 0.25) is 6.79 Å². The third kappa shape index (κ3) is 3.97. The van der Waals surface area contributed by atoms with E-state index in [0.29, 0.717) is 27.8 Å². The topological polar surface area (TPSA) is 69.2 Å². The van der Waals surface area contributed by atoms with Gasteiger partial charge in [0.05, 0.1) is 11.2 Å². The second kappa shape index (κ2) is 7.23. The van der Waals surface area contributed by atoms with Crippen LogP contribution in [0.2, 0.25) is 5.02 Å². The van der Waals surface area contributed by atoms with Crippen LogP contribution >= 0.6 is 11.6 Å². The van der Waals surface area contributed by atoms with Gasteiger partial charge in [-0.2, -0.15) is 5.10 Å². The first-order valence-corrected chi connectivity index (χ1v) is 7.60. The number of carbonyl (C=O) groups excluding carboxylic acids is 1. The Bertz CT molecular complexity index is 775. The molecule has 0 saturated heterocycles. The molecule has 0 aliphatic carbocycles. The Morgan fingerprint density at radius 3 is 2.75 bits per heavy atom. The summed E-state index contributed by atoms with van der Waals surface area (Å²) in [5, 5.41) is 4.32. The molecule has 3 rings (SSSR count). The number of nitrogens with one attached hydrogen (secondary N) is 1. The molecule has 1 heterocycles. The zero-order valence-corrected chi connectivity index (χ0v) is 13.7. The van der Waals surface area contributed by atoms with Gasteiger partial charge in [-0.25, -0.2) is 5.43 Å². The van der Waals surface area contributed by atoms with Gasteiger partial charge in [-0.15, -0.1) is 0 Å². The van der Waals surface area contributed by atoms with Crippen molar-refractivity contribution in [1.82, 2.24) is 5.43 Å². The fourth-order valence-corrected chi connectivity index (χ4v) is 2.22. The standard InChI is InChI=1S/C17H15ClN2O4/c1-11-2-4-13(5-3-11)22-9-17(21)20-19-8-12-6-15-16(7-14(12)18)24-10-23-15/h2-8H,9-10H2,1H3,(H,20,21). The molecule has 0 unspecified atom stereocenters. The van der Waals surface area contributed by atoms with E-state index < -0.39 is 0 Å². The Hall–Kier alpha value is -2.73. The number of halogens is 1. The van der Waals surface area contributed by atoms with Gasteiger partial charge in [0.25, 0.3) is 5.91 Å². The molecule has 1 aliphatic rings. The molecule has 0 aromatic heterocycles. The molecule has 24 heavy (non-hydrogen) atoms. The predicted molar refractivity (Wildman–Crippen MR) is 90.0 cm³/mol. The number of aryl methyl sites for hydroxylation is 1. The van der Waals surface area contributed by atoms with E-state index in [1.165, 1.54) is 6.21 Å². The highest BCUT2D eigenvalue weighted by Gasteiger charge is 2.15. The minimum Gasteiger partial charge on any atom is -0.484 e. The molecule has 0 spiro atoms. The lowest BCUT2D eigenvalue weighted by Gasteiger charge is -2.05. The summed E-state index contributed by atoms with van der Waals surface area (Å²) in [6.07, 6.45) is 1.44. The number of hydrazone groups is 1. The molecular weight excluding hydrogens is 332 g/mol. The van der Waals surface area contributed by atoms with Gasteiger partial charge in [-0.3, -0.25) is 4.79 Å². The molecule has 124 valence electrons. The van der Waals surface area contributed by atoms with Crippen LogP contribution in [0.15, 0.2) is 41.5 Å². The van der Waals surface area contributed by atoms with Crippen LogP contribution in [0.25, 0.3) is 0 Å². The van der Waals surface area contributed by atoms with Crippen molar-refractivity contribution in [2.24, 2.45) is 5.10 Å². The maximum Gasteiger partial charge on any atom is 0.277 e. The van der Waals surface area contributed by atoms with Crippen molar-refractivity contribution >= 4 is 23.7 Å². The van der Waals surface area contributed by atoms with Crippen LogP contribution < -0.4 is 19.6 Å². The first kappa shape index (κ1) is 16.1. The van der Waals surface area contributed by atoms with Gasteiger partial charge in [0.15, 0.2) is 18.1 Å². The summed E-state index contributed by atoms with van der Waals surface area (Å²) in [6.45, 7) is 2.01. The number of benzene rings is 2. The van der Waals surface area contributed by atoms with Crippen molar-refractivity contribution < 1.29 is 19.0 Å². The average Bonchev–Trinajstić information content (AvgIpc) is 3.01. The summed E-state index contributed by atoms with van der Waals surface area (Å²) >= 11 is 6.11. The number of amides is 1. The number of hydrogen-bond donors (Lipinski definition) is 1. The van der Waals surface area contributed by atoms with Crippen LogP contribution in [-0.4, -0.2) is 25.5 Å². The van der Waals surface area contributed by atoms with E-state index in [1.807, 2.05) is 19.1 Å². The molecule has 2 aromatic carbocycles. The Balaban J connectivity index is 1.52. The molecule has 1 N–H and O–H groups in total. The summed E-state index contributed by atoms with van der Waals surface area (Å²) in [5.41, 5.74) is 4.12. The maximum absolute atomic E-state index is 11.7. The lowest BCUT2D eigenvalue weighted by Crippen LogP contribution is -2.24. The maximum atomic E-state index is 11.7. The van der Waals surface area contributed by atoms with E-state index in [-0.39, 0.29) is 19.3 Å². The molecule has 0 radical (unpaired) electrons. The Labute approximate surface area is 144 Å². The molecule has 0 fully saturated rings. The minimum absolute atomic E-state index is 0.130. The highest BCUT2D eigenvalue weighted by atomic mass is 35.5. The van der Waals surface area contributed by atoms with Crippen LogP contribution in [0.3, 0.4) is 0 Å². The van der Waals surface area contributed by atoms with Gasteiger partial charge >= 0.3 is 0 Å². The van der Waals surface area contributed by atoms with E-state index >= 15 is 0 Å². The largest absolute Gasteiger partial charge is 0.484 e. The molecular formula is C17H15ClN2O4. The van der Waals surface area contributed by atoms with Crippen molar-refractivity contribution in [1.29, 1.82) is 0 Å². The smallest absolute Gasteiger partial charge is 0.277 e. The van der Waals surface area contributed by atoms with Crippen LogP contribution in [0.1, 0.15) is 11.1 Å².